The van der Waals surface area contributed by atoms with Crippen molar-refractivity contribution in [1.29, 1.82) is 0 Å². The molecule has 12 heteroatoms. The number of aliphatic hydroxyl groups is 2. The molecule has 11 nitrogen and oxygen atoms in total. The van der Waals surface area contributed by atoms with Gasteiger partial charge in [0.05, 0.1) is 31.5 Å². The van der Waals surface area contributed by atoms with E-state index in [0.717, 1.165) is 86.7 Å². The first-order valence-electron chi connectivity index (χ1n) is 27.5. The number of hydrogen-bond donors (Lipinski definition) is 2. The van der Waals surface area contributed by atoms with Gasteiger partial charge in [-0.05, 0) is 135 Å². The van der Waals surface area contributed by atoms with Crippen LogP contribution in [0.2, 0.25) is 0 Å². The predicted molar refractivity (Wildman–Crippen MR) is 281 cm³/mol. The molecule has 7 unspecified atom stereocenters. The van der Waals surface area contributed by atoms with E-state index in [9.17, 15) is 14.6 Å². The molecule has 4 aliphatic rings. The van der Waals surface area contributed by atoms with Crippen LogP contribution < -0.4 is 9.47 Å². The van der Waals surface area contributed by atoms with Gasteiger partial charge in [-0.25, -0.2) is 9.18 Å². The molecule has 7 rings (SSSR count). The number of unbranched alkanes of at least 4 members (excludes halogenated alkanes) is 11. The molecule has 0 bridgehead atoms. The zero-order valence-corrected chi connectivity index (χ0v) is 43.5. The second kappa shape index (κ2) is 28.1. The summed E-state index contributed by atoms with van der Waals surface area (Å²) in [6.45, 7) is 11.7. The first-order valence-corrected chi connectivity index (χ1v) is 27.5. The summed E-state index contributed by atoms with van der Waals surface area (Å²) in [6.07, 6.45) is 21.9. The third-order valence-corrected chi connectivity index (χ3v) is 15.4. The van der Waals surface area contributed by atoms with E-state index in [1.165, 1.54) is 56.2 Å². The minimum atomic E-state index is -1.50. The van der Waals surface area contributed by atoms with Gasteiger partial charge in [0, 0.05) is 44.1 Å². The molecule has 0 aromatic heterocycles. The van der Waals surface area contributed by atoms with Gasteiger partial charge in [0.1, 0.15) is 29.1 Å². The Labute approximate surface area is 429 Å². The Morgan fingerprint density at radius 1 is 0.861 bits per heavy atom. The van der Waals surface area contributed by atoms with Crippen LogP contribution in [0.15, 0.2) is 90.1 Å². The van der Waals surface area contributed by atoms with E-state index in [1.807, 2.05) is 24.3 Å². The lowest BCUT2D eigenvalue weighted by Gasteiger charge is -2.60. The maximum absolute atomic E-state index is 15.1. The average molecular weight is 995 g/mol. The second-order valence-corrected chi connectivity index (χ2v) is 20.6. The van der Waals surface area contributed by atoms with Crippen molar-refractivity contribution >= 4 is 11.8 Å². The molecular weight excluding hydrogens is 912 g/mol. The van der Waals surface area contributed by atoms with E-state index in [-0.39, 0.29) is 63.0 Å². The van der Waals surface area contributed by atoms with Crippen LogP contribution in [0, 0.1) is 37.4 Å². The van der Waals surface area contributed by atoms with Crippen molar-refractivity contribution in [3.63, 3.8) is 0 Å². The lowest BCUT2D eigenvalue weighted by molar-refractivity contribution is -0.256. The minimum absolute atomic E-state index is 0.0201. The van der Waals surface area contributed by atoms with Crippen molar-refractivity contribution in [1.82, 2.24) is 4.90 Å². The van der Waals surface area contributed by atoms with Crippen molar-refractivity contribution in [2.24, 2.45) is 22.9 Å². The summed E-state index contributed by atoms with van der Waals surface area (Å²) in [5, 5.41) is 25.2. The van der Waals surface area contributed by atoms with Gasteiger partial charge in [0.2, 0.25) is 12.1 Å². The molecule has 2 aliphatic carbocycles. The molecule has 1 saturated heterocycles. The van der Waals surface area contributed by atoms with Gasteiger partial charge in [-0.2, -0.15) is 0 Å². The molecule has 3 aromatic carbocycles. The highest BCUT2D eigenvalue weighted by atomic mass is 19.1. The number of aryl methyl sites for hydroxylation is 2. The van der Waals surface area contributed by atoms with Crippen LogP contribution in [-0.2, 0) is 25.6 Å². The van der Waals surface area contributed by atoms with E-state index < -0.39 is 30.1 Å². The maximum Gasteiger partial charge on any atom is 0.410 e. The summed E-state index contributed by atoms with van der Waals surface area (Å²) in [4.78, 5) is 23.2. The fourth-order valence-electron chi connectivity index (χ4n) is 11.5. The second-order valence-electron chi connectivity index (χ2n) is 20.6. The van der Waals surface area contributed by atoms with Crippen LogP contribution in [0.25, 0.3) is 0 Å². The highest BCUT2D eigenvalue weighted by Crippen LogP contribution is 2.62. The van der Waals surface area contributed by atoms with E-state index in [2.05, 4.69) is 45.6 Å². The van der Waals surface area contributed by atoms with E-state index in [1.54, 1.807) is 23.1 Å². The van der Waals surface area contributed by atoms with Crippen LogP contribution in [-0.4, -0.2) is 78.1 Å². The Bertz CT molecular complexity index is 2230. The molecule has 2 fully saturated rings. The van der Waals surface area contributed by atoms with Crippen molar-refractivity contribution in [2.75, 3.05) is 33.0 Å². The molecule has 1 amide bonds. The van der Waals surface area contributed by atoms with Gasteiger partial charge in [-0.15, -0.1) is 6.58 Å². The average Bonchev–Trinajstić information content (AvgIpc) is 3.39. The van der Waals surface area contributed by atoms with Crippen molar-refractivity contribution in [2.45, 2.75) is 180 Å². The number of rotatable bonds is 29. The number of fused-ring (bicyclic) bond motifs is 2. The molecule has 2 aliphatic heterocycles. The lowest BCUT2D eigenvalue weighted by Crippen LogP contribution is -2.70. The smallest absolute Gasteiger partial charge is 0.410 e. The zero-order valence-electron chi connectivity index (χ0n) is 43.5. The third-order valence-electron chi connectivity index (χ3n) is 15.4. The maximum atomic E-state index is 15.1. The fraction of sp³-hybridized carbons (Fsp3) is 0.600. The first kappa shape index (κ1) is 55.0. The number of benzene rings is 3. The molecule has 0 spiro atoms. The Hall–Kier alpha value is -4.75. The van der Waals surface area contributed by atoms with E-state index in [4.69, 9.17) is 33.7 Å². The number of halogens is 1. The molecule has 3 aromatic rings. The molecule has 1 saturated carbocycles. The number of oxime groups is 1. The molecule has 7 atom stereocenters. The Balaban J connectivity index is 1.34. The van der Waals surface area contributed by atoms with Crippen LogP contribution in [0.1, 0.15) is 164 Å². The fourth-order valence-corrected chi connectivity index (χ4v) is 11.5. The number of allylic oxidation sites excluding steroid dienone is 1. The highest BCUT2D eigenvalue weighted by molar-refractivity contribution is 6.03. The van der Waals surface area contributed by atoms with Gasteiger partial charge in [0.25, 0.3) is 0 Å². The molecule has 0 radical (unpaired) electrons. The van der Waals surface area contributed by atoms with E-state index in [0.29, 0.717) is 48.6 Å². The number of ether oxygens (including phenoxy) is 5. The summed E-state index contributed by atoms with van der Waals surface area (Å²) in [5.41, 5.74) is 5.57. The monoisotopic (exact) mass is 995 g/mol. The summed E-state index contributed by atoms with van der Waals surface area (Å²) in [5.74, 6) is -0.589. The molecular formula is C60H83FN2O9. The number of aliphatic hydroxyl groups excluding tert-OH is 2. The normalized spacial score (nSPS) is 23.9. The lowest BCUT2D eigenvalue weighted by atomic mass is 9.55. The predicted octanol–water partition coefficient (Wildman–Crippen LogP) is 14.0. The number of hydrogen-bond acceptors (Lipinski definition) is 10. The quantitative estimate of drug-likeness (QED) is 0.0397. The van der Waals surface area contributed by atoms with Gasteiger partial charge in [-0.3, -0.25) is 4.90 Å². The first-order chi connectivity index (χ1) is 35.2. The molecule has 72 heavy (non-hydrogen) atoms. The highest BCUT2D eigenvalue weighted by Gasteiger charge is 2.66. The number of carbonyl (C=O) groups is 1. The molecule has 2 N–H and O–H groups in total. The standard InChI is InChI=1S/C60H83FN2O9/c1-5-7-8-9-10-11-12-13-14-20-37-68-59(66)63(42-45-26-28-47(61)29-27-45)55-41-53(62-72-56-24-17-21-36-67-56)51-39-46(22-15-18-33-64)50(23-16-19-34-65)57-52-40-49(70-48-30-25-43(3)44(4)38-48)31-32-54(52)71-60(55,58(51)57)69-35-6-2/h6,25-32,38-40,46,50,55-58,64-65H,2,5,7-24,33-37,41-42H2,1,3-4H3. The van der Waals surface area contributed by atoms with Crippen molar-refractivity contribution in [3.05, 3.63) is 113 Å². The third kappa shape index (κ3) is 14.3. The van der Waals surface area contributed by atoms with Gasteiger partial charge in [-0.1, -0.05) is 113 Å². The Kier molecular flexibility index (Phi) is 21.4. The summed E-state index contributed by atoms with van der Waals surface area (Å²) in [6, 6.07) is 17.5. The van der Waals surface area contributed by atoms with Crippen LogP contribution in [0.5, 0.6) is 17.2 Å². The van der Waals surface area contributed by atoms with Crippen molar-refractivity contribution in [3.8, 4) is 17.2 Å². The van der Waals surface area contributed by atoms with Crippen LogP contribution in [0.3, 0.4) is 0 Å². The zero-order chi connectivity index (χ0) is 50.7. The number of amides is 1. The Morgan fingerprint density at radius 3 is 2.26 bits per heavy atom. The van der Waals surface area contributed by atoms with Gasteiger partial charge >= 0.3 is 6.09 Å². The summed E-state index contributed by atoms with van der Waals surface area (Å²) in [7, 11) is 0. The molecule has 394 valence electrons. The topological polar surface area (TPSA) is 129 Å². The Morgan fingerprint density at radius 2 is 1.57 bits per heavy atom. The number of nitrogens with zero attached hydrogens (tertiary/aromatic N) is 2. The summed E-state index contributed by atoms with van der Waals surface area (Å²) < 4.78 is 48.2. The largest absolute Gasteiger partial charge is 0.459 e. The van der Waals surface area contributed by atoms with Gasteiger partial charge in [0.15, 0.2) is 0 Å². The van der Waals surface area contributed by atoms with E-state index >= 15 is 4.79 Å². The van der Waals surface area contributed by atoms with Gasteiger partial charge < -0.3 is 38.7 Å². The van der Waals surface area contributed by atoms with Crippen LogP contribution in [0.4, 0.5) is 9.18 Å². The SMILES string of the molecule is C=CCOC12Oc3ccc(Oc4ccc(C)c(C)c4)cc3C3C(CCCCO)C(CCCCO)C=C(C(=NOC4CCCCO4)CC1N(Cc1ccc(F)cc1)C(=O)OCCCCCCCCCCCC)C32. The molecule has 2 heterocycles. The minimum Gasteiger partial charge on any atom is -0.459 e. The van der Waals surface area contributed by atoms with Crippen molar-refractivity contribution < 1.29 is 47.9 Å². The van der Waals surface area contributed by atoms with Crippen LogP contribution >= 0.6 is 0 Å². The number of carbonyl (C=O) groups excluding carboxylic acids is 1. The summed E-state index contributed by atoms with van der Waals surface area (Å²) >= 11 is 0.